The van der Waals surface area contributed by atoms with Gasteiger partial charge in [0.1, 0.15) is 12.4 Å². The molecule has 2 N–H and O–H groups in total. The first-order chi connectivity index (χ1) is 7.13. The van der Waals surface area contributed by atoms with Crippen molar-refractivity contribution in [2.75, 3.05) is 12.3 Å². The van der Waals surface area contributed by atoms with Crippen molar-refractivity contribution in [2.24, 2.45) is 0 Å². The number of hydrogen-bond donors (Lipinski definition) is 1. The van der Waals surface area contributed by atoms with E-state index in [9.17, 15) is 0 Å². The van der Waals surface area contributed by atoms with Crippen LogP contribution in [0.25, 0.3) is 0 Å². The van der Waals surface area contributed by atoms with E-state index >= 15 is 0 Å². The van der Waals surface area contributed by atoms with Gasteiger partial charge in [0.2, 0.25) is 5.95 Å². The van der Waals surface area contributed by atoms with Gasteiger partial charge < -0.3 is 10.5 Å². The fourth-order valence-corrected chi connectivity index (χ4v) is 1.09. The zero-order valence-corrected chi connectivity index (χ0v) is 9.53. The third-order valence-corrected chi connectivity index (χ3v) is 1.81. The van der Waals surface area contributed by atoms with E-state index in [1.165, 1.54) is 0 Å². The fourth-order valence-electron chi connectivity index (χ4n) is 1.09. The highest BCUT2D eigenvalue weighted by atomic mass is 16.5. The van der Waals surface area contributed by atoms with Crippen LogP contribution in [0.15, 0.2) is 0 Å². The van der Waals surface area contributed by atoms with E-state index < -0.39 is 0 Å². The number of hydrogen-bond acceptors (Lipinski definition) is 5. The average molecular weight is 210 g/mol. The van der Waals surface area contributed by atoms with Crippen LogP contribution in [0, 0.1) is 0 Å². The summed E-state index contributed by atoms with van der Waals surface area (Å²) in [7, 11) is 0. The molecule has 0 aromatic carbocycles. The molecule has 0 saturated carbocycles. The van der Waals surface area contributed by atoms with Crippen molar-refractivity contribution in [3.05, 3.63) is 11.6 Å². The van der Waals surface area contributed by atoms with Crippen LogP contribution in [0.5, 0.6) is 0 Å². The molecule has 5 nitrogen and oxygen atoms in total. The van der Waals surface area contributed by atoms with Gasteiger partial charge in [0.05, 0.1) is 0 Å². The van der Waals surface area contributed by atoms with Crippen molar-refractivity contribution in [3.8, 4) is 0 Å². The third kappa shape index (κ3) is 3.79. The summed E-state index contributed by atoms with van der Waals surface area (Å²) in [4.78, 5) is 12.4. The Kier molecular flexibility index (Phi) is 4.42. The first kappa shape index (κ1) is 11.8. The van der Waals surface area contributed by atoms with Gasteiger partial charge in [-0.05, 0) is 6.42 Å². The molecule has 84 valence electrons. The van der Waals surface area contributed by atoms with Crippen molar-refractivity contribution >= 4 is 5.95 Å². The number of nitrogens with two attached hydrogens (primary N) is 1. The van der Waals surface area contributed by atoms with Gasteiger partial charge in [-0.2, -0.15) is 9.97 Å². The summed E-state index contributed by atoms with van der Waals surface area (Å²) < 4.78 is 5.35. The number of nitrogens with zero attached hydrogens (tertiary/aromatic N) is 3. The van der Waals surface area contributed by atoms with Crippen LogP contribution in [0.4, 0.5) is 5.95 Å². The van der Waals surface area contributed by atoms with Crippen LogP contribution in [-0.2, 0) is 11.3 Å². The largest absolute Gasteiger partial charge is 0.373 e. The first-order valence-corrected chi connectivity index (χ1v) is 5.21. The summed E-state index contributed by atoms with van der Waals surface area (Å²) in [5.41, 5.74) is 5.58. The normalized spacial score (nSPS) is 10.9. The molecule has 0 atom stereocenters. The van der Waals surface area contributed by atoms with E-state index in [4.69, 9.17) is 10.5 Å². The predicted octanol–water partition coefficient (Wildman–Crippen LogP) is 1.50. The second kappa shape index (κ2) is 5.60. The molecule has 0 saturated heterocycles. The van der Waals surface area contributed by atoms with Crippen molar-refractivity contribution in [1.29, 1.82) is 0 Å². The molecular weight excluding hydrogens is 192 g/mol. The zero-order valence-electron chi connectivity index (χ0n) is 9.53. The van der Waals surface area contributed by atoms with Gasteiger partial charge in [-0.15, -0.1) is 0 Å². The Morgan fingerprint density at radius 1 is 1.27 bits per heavy atom. The Bertz CT molecular complexity index is 314. The summed E-state index contributed by atoms with van der Waals surface area (Å²) in [6.07, 6.45) is 0.984. The lowest BCUT2D eigenvalue weighted by Crippen LogP contribution is -2.09. The maximum Gasteiger partial charge on any atom is 0.223 e. The van der Waals surface area contributed by atoms with Gasteiger partial charge in [-0.3, -0.25) is 0 Å². The maximum atomic E-state index is 5.58. The van der Waals surface area contributed by atoms with E-state index in [1.54, 1.807) is 0 Å². The summed E-state index contributed by atoms with van der Waals surface area (Å²) >= 11 is 0. The summed E-state index contributed by atoms with van der Waals surface area (Å²) in [6.45, 7) is 7.21. The van der Waals surface area contributed by atoms with Crippen molar-refractivity contribution in [1.82, 2.24) is 15.0 Å². The van der Waals surface area contributed by atoms with Gasteiger partial charge in [0, 0.05) is 12.5 Å². The summed E-state index contributed by atoms with van der Waals surface area (Å²) in [6, 6.07) is 0. The number of anilines is 1. The Morgan fingerprint density at radius 3 is 2.60 bits per heavy atom. The molecule has 5 heteroatoms. The van der Waals surface area contributed by atoms with E-state index in [1.807, 2.05) is 13.8 Å². The van der Waals surface area contributed by atoms with E-state index in [2.05, 4.69) is 21.9 Å². The Morgan fingerprint density at radius 2 is 2.00 bits per heavy atom. The van der Waals surface area contributed by atoms with Gasteiger partial charge >= 0.3 is 0 Å². The molecule has 1 heterocycles. The highest BCUT2D eigenvalue weighted by Crippen LogP contribution is 2.09. The van der Waals surface area contributed by atoms with Gasteiger partial charge in [-0.1, -0.05) is 20.8 Å². The molecule has 0 aliphatic rings. The van der Waals surface area contributed by atoms with Crippen molar-refractivity contribution in [2.45, 2.75) is 39.7 Å². The lowest BCUT2D eigenvalue weighted by molar-refractivity contribution is 0.115. The van der Waals surface area contributed by atoms with Crippen LogP contribution in [-0.4, -0.2) is 21.6 Å². The van der Waals surface area contributed by atoms with Crippen LogP contribution in [0.3, 0.4) is 0 Å². The number of ether oxygens (including phenoxy) is 1. The van der Waals surface area contributed by atoms with Crippen LogP contribution >= 0.6 is 0 Å². The Labute approximate surface area is 90.1 Å². The van der Waals surface area contributed by atoms with E-state index in [0.29, 0.717) is 19.0 Å². The number of rotatable bonds is 5. The summed E-state index contributed by atoms with van der Waals surface area (Å²) in [5, 5.41) is 0. The zero-order chi connectivity index (χ0) is 11.3. The molecule has 0 unspecified atom stereocenters. The second-order valence-electron chi connectivity index (χ2n) is 3.68. The molecule has 0 radical (unpaired) electrons. The lowest BCUT2D eigenvalue weighted by atomic mass is 10.2. The maximum absolute atomic E-state index is 5.58. The van der Waals surface area contributed by atoms with Gasteiger partial charge in [0.25, 0.3) is 0 Å². The quantitative estimate of drug-likeness (QED) is 0.745. The molecule has 0 spiro atoms. The highest BCUT2D eigenvalue weighted by Gasteiger charge is 2.07. The Balaban J connectivity index is 2.71. The molecule has 0 aliphatic carbocycles. The topological polar surface area (TPSA) is 73.9 Å². The van der Waals surface area contributed by atoms with Gasteiger partial charge in [0.15, 0.2) is 5.82 Å². The fraction of sp³-hybridized carbons (Fsp3) is 0.700. The van der Waals surface area contributed by atoms with Crippen LogP contribution in [0.1, 0.15) is 44.8 Å². The number of aromatic nitrogens is 3. The minimum Gasteiger partial charge on any atom is -0.373 e. The van der Waals surface area contributed by atoms with Crippen molar-refractivity contribution in [3.63, 3.8) is 0 Å². The molecule has 1 rings (SSSR count). The molecule has 1 aromatic rings. The summed E-state index contributed by atoms with van der Waals surface area (Å²) in [5.74, 6) is 1.85. The van der Waals surface area contributed by atoms with Crippen LogP contribution < -0.4 is 5.73 Å². The van der Waals surface area contributed by atoms with Crippen LogP contribution in [0.2, 0.25) is 0 Å². The Hall–Kier alpha value is -1.23. The standard InChI is InChI=1S/C10H18N4O/c1-4-5-15-6-8-12-9(7(2)3)14-10(11)13-8/h7H,4-6H2,1-3H3,(H2,11,12,13,14). The predicted molar refractivity (Wildman–Crippen MR) is 58.3 cm³/mol. The molecule has 15 heavy (non-hydrogen) atoms. The average Bonchev–Trinajstić information content (AvgIpc) is 2.17. The van der Waals surface area contributed by atoms with Crippen molar-refractivity contribution < 1.29 is 4.74 Å². The third-order valence-electron chi connectivity index (χ3n) is 1.81. The first-order valence-electron chi connectivity index (χ1n) is 5.21. The van der Waals surface area contributed by atoms with E-state index in [0.717, 1.165) is 12.2 Å². The minimum atomic E-state index is 0.250. The van der Waals surface area contributed by atoms with E-state index in [-0.39, 0.29) is 11.9 Å². The molecular formula is C10H18N4O. The second-order valence-corrected chi connectivity index (χ2v) is 3.68. The lowest BCUT2D eigenvalue weighted by Gasteiger charge is -2.07. The monoisotopic (exact) mass is 210 g/mol. The highest BCUT2D eigenvalue weighted by molar-refractivity contribution is 5.16. The SMILES string of the molecule is CCCOCc1nc(N)nc(C(C)C)n1. The minimum absolute atomic E-state index is 0.250. The molecule has 0 amide bonds. The number of nitrogen functional groups attached to an aromatic ring is 1. The molecule has 0 fully saturated rings. The smallest absolute Gasteiger partial charge is 0.223 e. The van der Waals surface area contributed by atoms with Gasteiger partial charge in [-0.25, -0.2) is 4.98 Å². The molecule has 0 aliphatic heterocycles. The molecule has 1 aromatic heterocycles. The molecule has 0 bridgehead atoms.